The number of nitrogens with one attached hydrogen (secondary N) is 1. The molecule has 2 N–H and O–H groups in total. The van der Waals surface area contributed by atoms with E-state index in [-0.39, 0.29) is 5.41 Å². The predicted octanol–water partition coefficient (Wildman–Crippen LogP) is 2.18. The minimum atomic E-state index is -0.496. The topological polar surface area (TPSA) is 44.7 Å². The second-order valence-electron chi connectivity index (χ2n) is 7.20. The molecule has 0 amide bonds. The summed E-state index contributed by atoms with van der Waals surface area (Å²) in [6.45, 7) is 11.3. The molecule has 0 aliphatic rings. The molecule has 126 valence electrons. The molecule has 0 bridgehead atoms. The molecule has 0 spiro atoms. The van der Waals surface area contributed by atoms with E-state index < -0.39 is 6.10 Å². The maximum Gasteiger partial charge on any atom is 0.122 e. The zero-order valence-electron chi connectivity index (χ0n) is 14.9. The van der Waals surface area contributed by atoms with Crippen molar-refractivity contribution >= 4 is 0 Å². The van der Waals surface area contributed by atoms with Crippen molar-refractivity contribution in [3.05, 3.63) is 29.3 Å². The van der Waals surface area contributed by atoms with Gasteiger partial charge in [-0.2, -0.15) is 0 Å². The number of likely N-dealkylation sites (N-methyl/N-ethyl adjacent to an activating group) is 1. The molecule has 0 saturated carbocycles. The molecule has 1 aromatic carbocycles. The molecule has 1 aromatic rings. The van der Waals surface area contributed by atoms with E-state index in [1.54, 1.807) is 0 Å². The second-order valence-corrected chi connectivity index (χ2v) is 7.20. The average Bonchev–Trinajstić information content (AvgIpc) is 2.41. The van der Waals surface area contributed by atoms with Crippen LogP contribution in [0, 0.1) is 6.92 Å². The Hall–Kier alpha value is -1.10. The van der Waals surface area contributed by atoms with Gasteiger partial charge in [0, 0.05) is 19.6 Å². The molecule has 1 unspecified atom stereocenters. The summed E-state index contributed by atoms with van der Waals surface area (Å²) in [6, 6.07) is 6.27. The van der Waals surface area contributed by atoms with Crippen LogP contribution in [0.5, 0.6) is 5.75 Å². The lowest BCUT2D eigenvalue weighted by molar-refractivity contribution is 0.106. The number of aliphatic hydroxyl groups is 1. The second kappa shape index (κ2) is 8.51. The Morgan fingerprint density at radius 2 is 1.95 bits per heavy atom. The molecular formula is C18H32N2O2. The first-order chi connectivity index (χ1) is 10.2. The Labute approximate surface area is 135 Å². The highest BCUT2D eigenvalue weighted by Crippen LogP contribution is 2.27. The Morgan fingerprint density at radius 3 is 2.50 bits per heavy atom. The number of benzene rings is 1. The van der Waals surface area contributed by atoms with Gasteiger partial charge in [0.25, 0.3) is 0 Å². The summed E-state index contributed by atoms with van der Waals surface area (Å²) < 4.78 is 5.74. The van der Waals surface area contributed by atoms with Crippen LogP contribution in [0.3, 0.4) is 0 Å². The van der Waals surface area contributed by atoms with Crippen molar-refractivity contribution in [3.63, 3.8) is 0 Å². The summed E-state index contributed by atoms with van der Waals surface area (Å²) in [7, 11) is 4.07. The minimum Gasteiger partial charge on any atom is -0.491 e. The molecule has 0 saturated heterocycles. The van der Waals surface area contributed by atoms with Gasteiger partial charge in [0.15, 0.2) is 0 Å². The van der Waals surface area contributed by atoms with E-state index in [9.17, 15) is 5.11 Å². The lowest BCUT2D eigenvalue weighted by atomic mass is 9.86. The van der Waals surface area contributed by atoms with E-state index in [2.05, 4.69) is 43.1 Å². The van der Waals surface area contributed by atoms with Crippen LogP contribution < -0.4 is 10.1 Å². The Bertz CT molecular complexity index is 453. The van der Waals surface area contributed by atoms with Crippen LogP contribution in [0.25, 0.3) is 0 Å². The molecule has 22 heavy (non-hydrogen) atoms. The van der Waals surface area contributed by atoms with E-state index in [1.165, 1.54) is 5.56 Å². The van der Waals surface area contributed by atoms with Crippen LogP contribution in [0.4, 0.5) is 0 Å². The van der Waals surface area contributed by atoms with Gasteiger partial charge in [-0.25, -0.2) is 0 Å². The van der Waals surface area contributed by atoms with E-state index in [0.29, 0.717) is 13.2 Å². The van der Waals surface area contributed by atoms with Gasteiger partial charge >= 0.3 is 0 Å². The number of aliphatic hydroxyl groups excluding tert-OH is 1. The van der Waals surface area contributed by atoms with E-state index in [1.807, 2.05) is 27.1 Å². The van der Waals surface area contributed by atoms with Crippen molar-refractivity contribution < 1.29 is 9.84 Å². The van der Waals surface area contributed by atoms with Crippen LogP contribution in [0.1, 0.15) is 31.9 Å². The summed E-state index contributed by atoms with van der Waals surface area (Å²) in [5.41, 5.74) is 2.54. The van der Waals surface area contributed by atoms with Crippen molar-refractivity contribution in [1.29, 1.82) is 0 Å². The monoisotopic (exact) mass is 308 g/mol. The van der Waals surface area contributed by atoms with Crippen LogP contribution in [0.15, 0.2) is 18.2 Å². The van der Waals surface area contributed by atoms with Gasteiger partial charge in [0.05, 0.1) is 0 Å². The Kier molecular flexibility index (Phi) is 7.33. The van der Waals surface area contributed by atoms with Crippen molar-refractivity contribution in [3.8, 4) is 5.75 Å². The highest BCUT2D eigenvalue weighted by molar-refractivity contribution is 5.38. The molecule has 4 nitrogen and oxygen atoms in total. The molecule has 0 aliphatic heterocycles. The van der Waals surface area contributed by atoms with Crippen LogP contribution >= 0.6 is 0 Å². The van der Waals surface area contributed by atoms with Crippen molar-refractivity contribution in [2.75, 3.05) is 40.3 Å². The first kappa shape index (κ1) is 18.9. The number of hydrogen-bond acceptors (Lipinski definition) is 4. The third-order valence-corrected chi connectivity index (χ3v) is 3.59. The fraction of sp³-hybridized carbons (Fsp3) is 0.667. The molecule has 0 heterocycles. The number of ether oxygens (including phenoxy) is 1. The van der Waals surface area contributed by atoms with Crippen LogP contribution in [-0.2, 0) is 5.41 Å². The summed E-state index contributed by atoms with van der Waals surface area (Å²) >= 11 is 0. The lowest BCUT2D eigenvalue weighted by Crippen LogP contribution is -2.35. The average molecular weight is 308 g/mol. The zero-order chi connectivity index (χ0) is 16.8. The lowest BCUT2D eigenvalue weighted by Gasteiger charge is -2.21. The van der Waals surface area contributed by atoms with Gasteiger partial charge in [0.1, 0.15) is 18.5 Å². The molecule has 0 aromatic heterocycles. The normalized spacial score (nSPS) is 13.5. The molecule has 0 aliphatic carbocycles. The van der Waals surface area contributed by atoms with Gasteiger partial charge < -0.3 is 20.1 Å². The maximum absolute atomic E-state index is 9.95. The highest BCUT2D eigenvalue weighted by atomic mass is 16.5. The molecule has 0 radical (unpaired) electrons. The van der Waals surface area contributed by atoms with E-state index >= 15 is 0 Å². The van der Waals surface area contributed by atoms with Gasteiger partial charge in [0.2, 0.25) is 0 Å². The van der Waals surface area contributed by atoms with Crippen molar-refractivity contribution in [2.45, 2.75) is 39.2 Å². The standard InChI is InChI=1S/C18H32N2O2/c1-14-11-15(18(2,3)4)7-8-17(14)22-13-16(21)12-19-9-10-20(5)6/h7-8,11,16,19,21H,9-10,12-13H2,1-6H3. The summed E-state index contributed by atoms with van der Waals surface area (Å²) in [4.78, 5) is 2.11. The third kappa shape index (κ3) is 6.77. The van der Waals surface area contributed by atoms with Gasteiger partial charge in [-0.05, 0) is 43.6 Å². The molecule has 1 rings (SSSR count). The number of aryl methyl sites for hydroxylation is 1. The highest BCUT2D eigenvalue weighted by Gasteiger charge is 2.15. The van der Waals surface area contributed by atoms with Gasteiger partial charge in [-0.15, -0.1) is 0 Å². The quantitative estimate of drug-likeness (QED) is 0.723. The number of rotatable bonds is 8. The zero-order valence-corrected chi connectivity index (χ0v) is 14.9. The first-order valence-corrected chi connectivity index (χ1v) is 7.97. The van der Waals surface area contributed by atoms with Crippen LogP contribution in [0.2, 0.25) is 0 Å². The van der Waals surface area contributed by atoms with Crippen LogP contribution in [-0.4, -0.2) is 56.4 Å². The Balaban J connectivity index is 2.41. The van der Waals surface area contributed by atoms with E-state index in [0.717, 1.165) is 24.4 Å². The molecular weight excluding hydrogens is 276 g/mol. The van der Waals surface area contributed by atoms with Gasteiger partial charge in [-0.1, -0.05) is 32.9 Å². The first-order valence-electron chi connectivity index (χ1n) is 7.97. The minimum absolute atomic E-state index is 0.138. The third-order valence-electron chi connectivity index (χ3n) is 3.59. The fourth-order valence-corrected chi connectivity index (χ4v) is 2.09. The molecule has 0 fully saturated rings. The predicted molar refractivity (Wildman–Crippen MR) is 92.8 cm³/mol. The van der Waals surface area contributed by atoms with Crippen molar-refractivity contribution in [1.82, 2.24) is 10.2 Å². The molecule has 1 atom stereocenters. The maximum atomic E-state index is 9.95. The Morgan fingerprint density at radius 1 is 1.27 bits per heavy atom. The van der Waals surface area contributed by atoms with Crippen molar-refractivity contribution in [2.24, 2.45) is 0 Å². The SMILES string of the molecule is Cc1cc(C(C)(C)C)ccc1OCC(O)CNCCN(C)C. The van der Waals surface area contributed by atoms with Gasteiger partial charge in [-0.3, -0.25) is 0 Å². The smallest absolute Gasteiger partial charge is 0.122 e. The van der Waals surface area contributed by atoms with E-state index in [4.69, 9.17) is 4.74 Å². The largest absolute Gasteiger partial charge is 0.491 e. The number of nitrogens with zero attached hydrogens (tertiary/aromatic N) is 1. The summed E-state index contributed by atoms with van der Waals surface area (Å²) in [5, 5.41) is 13.2. The fourth-order valence-electron chi connectivity index (χ4n) is 2.09. The summed E-state index contributed by atoms with van der Waals surface area (Å²) in [6.07, 6.45) is -0.496. The number of hydrogen-bond donors (Lipinski definition) is 2. The summed E-state index contributed by atoms with van der Waals surface area (Å²) in [5.74, 6) is 0.848. The molecule has 4 heteroatoms.